The molecule has 3 atom stereocenters. The maximum absolute atomic E-state index is 12.3. The molecule has 4 heteroatoms. The lowest BCUT2D eigenvalue weighted by Crippen LogP contribution is -2.34. The number of hydrogen-bond acceptors (Lipinski definition) is 3. The van der Waals surface area contributed by atoms with Crippen LogP contribution in [0, 0.1) is 30.1 Å². The summed E-state index contributed by atoms with van der Waals surface area (Å²) in [4.78, 5) is 16.9. The summed E-state index contributed by atoms with van der Waals surface area (Å²) < 4.78 is 0. The maximum atomic E-state index is 12.3. The zero-order valence-corrected chi connectivity index (χ0v) is 15.9. The van der Waals surface area contributed by atoms with Gasteiger partial charge < -0.3 is 4.90 Å². The highest BCUT2D eigenvalue weighted by atomic mass is 16.2. The number of nitrogens with zero attached hydrogens (tertiary/aromatic N) is 3. The van der Waals surface area contributed by atoms with Crippen molar-refractivity contribution in [3.05, 3.63) is 70.8 Å². The van der Waals surface area contributed by atoms with Crippen LogP contribution in [0.15, 0.2) is 48.5 Å². The lowest BCUT2D eigenvalue weighted by atomic mass is 9.87. The number of benzene rings is 2. The molecule has 2 aromatic rings. The van der Waals surface area contributed by atoms with Gasteiger partial charge in [0.25, 0.3) is 0 Å². The fraction of sp³-hybridized carbons (Fsp3) is 0.391. The van der Waals surface area contributed by atoms with E-state index in [-0.39, 0.29) is 11.9 Å². The summed E-state index contributed by atoms with van der Waals surface area (Å²) in [7, 11) is 0. The molecule has 138 valence electrons. The second-order valence-electron chi connectivity index (χ2n) is 7.90. The lowest BCUT2D eigenvalue weighted by Gasteiger charge is -2.30. The Hall–Kier alpha value is -2.64. The Morgan fingerprint density at radius 2 is 1.85 bits per heavy atom. The molecule has 2 fully saturated rings. The third-order valence-corrected chi connectivity index (χ3v) is 6.14. The summed E-state index contributed by atoms with van der Waals surface area (Å²) in [5, 5.41) is 8.96. The molecule has 2 aromatic carbocycles. The van der Waals surface area contributed by atoms with E-state index in [9.17, 15) is 4.79 Å². The van der Waals surface area contributed by atoms with Crippen molar-refractivity contribution in [2.24, 2.45) is 11.8 Å². The van der Waals surface area contributed by atoms with Gasteiger partial charge in [-0.3, -0.25) is 9.69 Å². The van der Waals surface area contributed by atoms with Crippen LogP contribution in [0.25, 0.3) is 0 Å². The first-order valence-electron chi connectivity index (χ1n) is 9.61. The summed E-state index contributed by atoms with van der Waals surface area (Å²) in [6.07, 6.45) is 0. The van der Waals surface area contributed by atoms with Crippen molar-refractivity contribution in [2.45, 2.75) is 26.4 Å². The van der Waals surface area contributed by atoms with Crippen LogP contribution in [0.3, 0.4) is 0 Å². The Morgan fingerprint density at radius 1 is 1.11 bits per heavy atom. The van der Waals surface area contributed by atoms with E-state index < -0.39 is 0 Å². The summed E-state index contributed by atoms with van der Waals surface area (Å²) in [5.41, 5.74) is 4.50. The Morgan fingerprint density at radius 3 is 2.52 bits per heavy atom. The van der Waals surface area contributed by atoms with Crippen LogP contribution in [0.2, 0.25) is 0 Å². The van der Waals surface area contributed by atoms with E-state index in [0.29, 0.717) is 17.4 Å². The van der Waals surface area contributed by atoms with E-state index in [0.717, 1.165) is 26.2 Å². The zero-order valence-electron chi connectivity index (χ0n) is 15.9. The number of carbonyl (C=O) groups is 1. The van der Waals surface area contributed by atoms with Gasteiger partial charge in [0.05, 0.1) is 17.7 Å². The van der Waals surface area contributed by atoms with Crippen LogP contribution in [0.4, 0.5) is 0 Å². The molecule has 0 aromatic heterocycles. The number of rotatable bonds is 3. The van der Waals surface area contributed by atoms with Gasteiger partial charge in [0.15, 0.2) is 0 Å². The number of likely N-dealkylation sites (tertiary alicyclic amines) is 2. The number of hydrogen-bond donors (Lipinski definition) is 0. The van der Waals surface area contributed by atoms with Gasteiger partial charge in [-0.15, -0.1) is 0 Å². The summed E-state index contributed by atoms with van der Waals surface area (Å²) in [5.74, 6) is 1.18. The van der Waals surface area contributed by atoms with Gasteiger partial charge in [-0.2, -0.15) is 5.26 Å². The second kappa shape index (κ2) is 7.17. The van der Waals surface area contributed by atoms with Gasteiger partial charge in [0.1, 0.15) is 0 Å². The minimum Gasteiger partial charge on any atom is -0.335 e. The van der Waals surface area contributed by atoms with Gasteiger partial charge in [-0.1, -0.05) is 36.4 Å². The number of carbonyl (C=O) groups excluding carboxylic acids is 1. The average molecular weight is 359 g/mol. The van der Waals surface area contributed by atoms with Gasteiger partial charge >= 0.3 is 0 Å². The molecule has 2 saturated heterocycles. The SMILES string of the molecule is CC(=O)N1C[C@H]2CN(Cc3ccc(C#N)cc3)C[C@H]2[C@@H]1c1ccccc1C. The van der Waals surface area contributed by atoms with Crippen molar-refractivity contribution in [2.75, 3.05) is 19.6 Å². The molecule has 4 nitrogen and oxygen atoms in total. The highest BCUT2D eigenvalue weighted by molar-refractivity contribution is 5.74. The van der Waals surface area contributed by atoms with Crippen molar-refractivity contribution in [1.29, 1.82) is 5.26 Å². The second-order valence-corrected chi connectivity index (χ2v) is 7.90. The van der Waals surface area contributed by atoms with Gasteiger partial charge in [-0.25, -0.2) is 0 Å². The van der Waals surface area contributed by atoms with E-state index in [1.165, 1.54) is 16.7 Å². The number of aryl methyl sites for hydroxylation is 1. The average Bonchev–Trinajstić information content (AvgIpc) is 3.20. The minimum atomic E-state index is 0.177. The van der Waals surface area contributed by atoms with E-state index >= 15 is 0 Å². The van der Waals surface area contributed by atoms with E-state index in [1.807, 2.05) is 24.3 Å². The van der Waals surface area contributed by atoms with Crippen molar-refractivity contribution in [1.82, 2.24) is 9.80 Å². The molecule has 4 rings (SSSR count). The maximum Gasteiger partial charge on any atom is 0.219 e. The third kappa shape index (κ3) is 3.36. The molecule has 1 amide bonds. The van der Waals surface area contributed by atoms with Gasteiger partial charge in [0.2, 0.25) is 5.91 Å². The number of nitriles is 1. The smallest absolute Gasteiger partial charge is 0.219 e. The molecule has 0 saturated carbocycles. The molecule has 0 aliphatic carbocycles. The molecule has 2 aliphatic heterocycles. The van der Waals surface area contributed by atoms with Crippen LogP contribution in [-0.4, -0.2) is 35.3 Å². The molecular weight excluding hydrogens is 334 g/mol. The molecule has 0 bridgehead atoms. The third-order valence-electron chi connectivity index (χ3n) is 6.14. The fourth-order valence-electron chi connectivity index (χ4n) is 4.85. The van der Waals surface area contributed by atoms with Crippen molar-refractivity contribution >= 4 is 5.91 Å². The molecule has 2 heterocycles. The zero-order chi connectivity index (χ0) is 19.0. The van der Waals surface area contributed by atoms with E-state index in [1.54, 1.807) is 6.92 Å². The first-order valence-corrected chi connectivity index (χ1v) is 9.61. The first kappa shape index (κ1) is 17.8. The van der Waals surface area contributed by atoms with E-state index in [4.69, 9.17) is 5.26 Å². The van der Waals surface area contributed by atoms with Crippen LogP contribution in [0.1, 0.15) is 35.2 Å². The monoisotopic (exact) mass is 359 g/mol. The highest BCUT2D eigenvalue weighted by Gasteiger charge is 2.48. The van der Waals surface area contributed by atoms with E-state index in [2.05, 4.69) is 47.1 Å². The highest BCUT2D eigenvalue weighted by Crippen LogP contribution is 2.46. The lowest BCUT2D eigenvalue weighted by molar-refractivity contribution is -0.130. The molecule has 0 N–H and O–H groups in total. The normalized spacial score (nSPS) is 24.6. The van der Waals surface area contributed by atoms with Crippen LogP contribution >= 0.6 is 0 Å². The molecular formula is C23H25N3O. The molecule has 27 heavy (non-hydrogen) atoms. The molecule has 0 unspecified atom stereocenters. The standard InChI is InChI=1S/C23H25N3O/c1-16-5-3-4-6-21(16)23-22-15-25(13-20(22)14-26(23)17(2)27)12-19-9-7-18(11-24)8-10-19/h3-10,20,22-23H,12-15H2,1-2H3/t20-,22-,23+/m1/s1. The Bertz CT molecular complexity index is 883. The Kier molecular flexibility index (Phi) is 4.72. The minimum absolute atomic E-state index is 0.177. The quantitative estimate of drug-likeness (QED) is 0.842. The van der Waals surface area contributed by atoms with Crippen molar-refractivity contribution < 1.29 is 4.79 Å². The largest absolute Gasteiger partial charge is 0.335 e. The number of amides is 1. The Balaban J connectivity index is 1.54. The fourth-order valence-corrected chi connectivity index (χ4v) is 4.85. The van der Waals surface area contributed by atoms with Crippen LogP contribution in [0.5, 0.6) is 0 Å². The predicted molar refractivity (Wildman–Crippen MR) is 105 cm³/mol. The summed E-state index contributed by atoms with van der Waals surface area (Å²) in [6.45, 7) is 7.62. The van der Waals surface area contributed by atoms with Crippen molar-refractivity contribution in [3.63, 3.8) is 0 Å². The van der Waals surface area contributed by atoms with Crippen LogP contribution < -0.4 is 0 Å². The Labute approximate surface area is 161 Å². The molecule has 0 spiro atoms. The predicted octanol–water partition coefficient (Wildman–Crippen LogP) is 3.52. The summed E-state index contributed by atoms with van der Waals surface area (Å²) in [6, 6.07) is 18.7. The first-order chi connectivity index (χ1) is 13.1. The van der Waals surface area contributed by atoms with Crippen LogP contribution in [-0.2, 0) is 11.3 Å². The molecule has 2 aliphatic rings. The summed E-state index contributed by atoms with van der Waals surface area (Å²) >= 11 is 0. The van der Waals surface area contributed by atoms with Crippen molar-refractivity contribution in [3.8, 4) is 6.07 Å². The van der Waals surface area contributed by atoms with Gasteiger partial charge in [-0.05, 0) is 41.7 Å². The van der Waals surface area contributed by atoms with Gasteiger partial charge in [0, 0.05) is 39.0 Å². The molecule has 0 radical (unpaired) electrons. The number of fused-ring (bicyclic) bond motifs is 1. The topological polar surface area (TPSA) is 47.3 Å².